The predicted molar refractivity (Wildman–Crippen MR) is 110 cm³/mol. The Morgan fingerprint density at radius 2 is 1.93 bits per heavy atom. The molecule has 150 valence electrons. The number of methoxy groups -OCH3 is 1. The summed E-state index contributed by atoms with van der Waals surface area (Å²) in [6, 6.07) is 11.3. The number of benzene rings is 2. The fourth-order valence-corrected chi connectivity index (χ4v) is 3.20. The summed E-state index contributed by atoms with van der Waals surface area (Å²) in [7, 11) is 1.24. The lowest BCUT2D eigenvalue weighted by Crippen LogP contribution is -2.39. The van der Waals surface area contributed by atoms with Crippen molar-refractivity contribution >= 4 is 40.3 Å². The van der Waals surface area contributed by atoms with Crippen LogP contribution in [0.5, 0.6) is 0 Å². The largest absolute Gasteiger partial charge is 0.467 e. The summed E-state index contributed by atoms with van der Waals surface area (Å²) in [5.41, 5.74) is 2.47. The van der Waals surface area contributed by atoms with Crippen molar-refractivity contribution in [1.29, 1.82) is 0 Å². The summed E-state index contributed by atoms with van der Waals surface area (Å²) >= 11 is 6.18. The minimum Gasteiger partial charge on any atom is -0.467 e. The molecule has 0 saturated heterocycles. The van der Waals surface area contributed by atoms with E-state index in [1.54, 1.807) is 0 Å². The van der Waals surface area contributed by atoms with E-state index >= 15 is 0 Å². The van der Waals surface area contributed by atoms with Crippen molar-refractivity contribution in [3.05, 3.63) is 70.4 Å². The van der Waals surface area contributed by atoms with E-state index in [0.717, 1.165) is 16.5 Å². The smallest absolute Gasteiger partial charge is 0.328 e. The molecule has 3 aromatic rings. The predicted octanol–water partition coefficient (Wildman–Crippen LogP) is 3.04. The molecule has 1 heterocycles. The molecule has 0 saturated carbocycles. The average molecular weight is 414 g/mol. The normalized spacial score (nSPS) is 11.7. The minimum atomic E-state index is -0.817. The molecular weight excluding hydrogens is 394 g/mol. The molecule has 0 aliphatic carbocycles. The molecule has 7 nitrogen and oxygen atoms in total. The van der Waals surface area contributed by atoms with E-state index < -0.39 is 17.9 Å². The molecule has 2 amide bonds. The maximum atomic E-state index is 12.5. The van der Waals surface area contributed by atoms with E-state index in [1.165, 1.54) is 32.2 Å². The summed E-state index contributed by atoms with van der Waals surface area (Å²) in [6.07, 6.45) is 1.85. The first-order valence-electron chi connectivity index (χ1n) is 8.92. The highest BCUT2D eigenvalue weighted by Crippen LogP contribution is 2.20. The number of hydrogen-bond acceptors (Lipinski definition) is 4. The Morgan fingerprint density at radius 3 is 2.66 bits per heavy atom. The van der Waals surface area contributed by atoms with Gasteiger partial charge in [0, 0.05) is 29.2 Å². The molecule has 0 unspecified atom stereocenters. The van der Waals surface area contributed by atoms with Crippen molar-refractivity contribution in [3.63, 3.8) is 0 Å². The molecule has 2 aromatic carbocycles. The van der Waals surface area contributed by atoms with Gasteiger partial charge in [0.2, 0.25) is 0 Å². The zero-order chi connectivity index (χ0) is 21.0. The fourth-order valence-electron chi connectivity index (χ4n) is 2.93. The van der Waals surface area contributed by atoms with E-state index in [2.05, 4.69) is 20.4 Å². The SMILES string of the molecule is COC(=O)[C@H](C)NC(=O)c1ccc(C(=O)NCc2cccc3[nH]ccc23)cc1Cl. The number of halogens is 1. The molecule has 3 rings (SSSR count). The second kappa shape index (κ2) is 8.79. The highest BCUT2D eigenvalue weighted by molar-refractivity contribution is 6.34. The standard InChI is InChI=1S/C21H20ClN3O4/c1-12(21(28)29-2)25-20(27)16-7-6-13(10-17(16)22)19(26)24-11-14-4-3-5-18-15(14)8-9-23-18/h3-10,12,23H,11H2,1-2H3,(H,24,26)(H,25,27)/t12-/m0/s1. The quantitative estimate of drug-likeness (QED) is 0.541. The van der Waals surface area contributed by atoms with Crippen LogP contribution in [0.25, 0.3) is 10.9 Å². The number of amides is 2. The van der Waals surface area contributed by atoms with Crippen LogP contribution in [0.2, 0.25) is 5.02 Å². The fraction of sp³-hybridized carbons (Fsp3) is 0.190. The Balaban J connectivity index is 1.67. The van der Waals surface area contributed by atoms with Crippen LogP contribution in [0.1, 0.15) is 33.2 Å². The van der Waals surface area contributed by atoms with Gasteiger partial charge in [0.15, 0.2) is 0 Å². The van der Waals surface area contributed by atoms with Crippen LogP contribution in [-0.2, 0) is 16.1 Å². The molecule has 0 fully saturated rings. The molecule has 0 spiro atoms. The number of aromatic amines is 1. The average Bonchev–Trinajstić information content (AvgIpc) is 3.20. The van der Waals surface area contributed by atoms with Crippen LogP contribution < -0.4 is 10.6 Å². The molecule has 3 N–H and O–H groups in total. The van der Waals surface area contributed by atoms with Crippen molar-refractivity contribution in [2.24, 2.45) is 0 Å². The number of nitrogens with one attached hydrogen (secondary N) is 3. The molecule has 8 heteroatoms. The second-order valence-corrected chi connectivity index (χ2v) is 6.86. The molecule has 0 radical (unpaired) electrons. The molecule has 1 atom stereocenters. The summed E-state index contributed by atoms with van der Waals surface area (Å²) < 4.78 is 4.57. The van der Waals surface area contributed by atoms with Gasteiger partial charge < -0.3 is 20.4 Å². The summed E-state index contributed by atoms with van der Waals surface area (Å²) in [4.78, 5) is 39.3. The van der Waals surface area contributed by atoms with Gasteiger partial charge in [-0.05, 0) is 42.8 Å². The maximum Gasteiger partial charge on any atom is 0.328 e. The number of aromatic nitrogens is 1. The molecular formula is C21H20ClN3O4. The van der Waals surface area contributed by atoms with Crippen molar-refractivity contribution in [1.82, 2.24) is 15.6 Å². The first-order chi connectivity index (χ1) is 13.9. The minimum absolute atomic E-state index is 0.111. The topological polar surface area (TPSA) is 100 Å². The van der Waals surface area contributed by atoms with Gasteiger partial charge in [-0.15, -0.1) is 0 Å². The van der Waals surface area contributed by atoms with Crippen LogP contribution in [0.3, 0.4) is 0 Å². The molecule has 0 aliphatic rings. The lowest BCUT2D eigenvalue weighted by molar-refractivity contribution is -0.142. The number of ether oxygens (including phenoxy) is 1. The Kier molecular flexibility index (Phi) is 6.19. The van der Waals surface area contributed by atoms with Crippen LogP contribution in [0.4, 0.5) is 0 Å². The van der Waals surface area contributed by atoms with Crippen molar-refractivity contribution in [2.45, 2.75) is 19.5 Å². The first kappa shape index (κ1) is 20.4. The number of carbonyl (C=O) groups excluding carboxylic acids is 3. The molecule has 0 aliphatic heterocycles. The number of rotatable bonds is 6. The number of fused-ring (bicyclic) bond motifs is 1. The van der Waals surface area contributed by atoms with Gasteiger partial charge >= 0.3 is 5.97 Å². The highest BCUT2D eigenvalue weighted by atomic mass is 35.5. The maximum absolute atomic E-state index is 12.5. The number of esters is 1. The monoisotopic (exact) mass is 413 g/mol. The van der Waals surface area contributed by atoms with Gasteiger partial charge in [0.25, 0.3) is 11.8 Å². The van der Waals surface area contributed by atoms with Gasteiger partial charge in [0.05, 0.1) is 17.7 Å². The van der Waals surface area contributed by atoms with Gasteiger partial charge in [0.1, 0.15) is 6.04 Å². The van der Waals surface area contributed by atoms with E-state index in [4.69, 9.17) is 11.6 Å². The van der Waals surface area contributed by atoms with Gasteiger partial charge in [-0.25, -0.2) is 4.79 Å². The van der Waals surface area contributed by atoms with Crippen LogP contribution in [0.15, 0.2) is 48.7 Å². The first-order valence-corrected chi connectivity index (χ1v) is 9.30. The highest BCUT2D eigenvalue weighted by Gasteiger charge is 2.19. The van der Waals surface area contributed by atoms with Gasteiger partial charge in [-0.1, -0.05) is 23.7 Å². The molecule has 1 aromatic heterocycles. The van der Waals surface area contributed by atoms with E-state index in [0.29, 0.717) is 12.1 Å². The lowest BCUT2D eigenvalue weighted by atomic mass is 10.1. The van der Waals surface area contributed by atoms with Gasteiger partial charge in [-0.2, -0.15) is 0 Å². The summed E-state index contributed by atoms with van der Waals surface area (Å²) in [6.45, 7) is 1.86. The summed E-state index contributed by atoms with van der Waals surface area (Å²) in [5, 5.41) is 6.50. The van der Waals surface area contributed by atoms with Crippen molar-refractivity contribution in [2.75, 3.05) is 7.11 Å². The zero-order valence-electron chi connectivity index (χ0n) is 15.9. The Morgan fingerprint density at radius 1 is 1.14 bits per heavy atom. The third-order valence-electron chi connectivity index (χ3n) is 4.50. The van der Waals surface area contributed by atoms with Crippen molar-refractivity contribution < 1.29 is 19.1 Å². The lowest BCUT2D eigenvalue weighted by Gasteiger charge is -2.13. The second-order valence-electron chi connectivity index (χ2n) is 6.45. The van der Waals surface area contributed by atoms with Crippen molar-refractivity contribution in [3.8, 4) is 0 Å². The summed E-state index contributed by atoms with van der Waals surface area (Å²) in [5.74, 6) is -1.41. The third kappa shape index (κ3) is 4.57. The molecule has 0 bridgehead atoms. The number of H-pyrrole nitrogens is 1. The Labute approximate surface area is 172 Å². The van der Waals surface area contributed by atoms with E-state index in [1.807, 2.05) is 30.5 Å². The van der Waals surface area contributed by atoms with Crippen LogP contribution in [0, 0.1) is 0 Å². The van der Waals surface area contributed by atoms with Gasteiger partial charge in [-0.3, -0.25) is 9.59 Å². The number of hydrogen-bond donors (Lipinski definition) is 3. The van der Waals surface area contributed by atoms with E-state index in [9.17, 15) is 14.4 Å². The van der Waals surface area contributed by atoms with Crippen LogP contribution >= 0.6 is 11.6 Å². The third-order valence-corrected chi connectivity index (χ3v) is 4.82. The van der Waals surface area contributed by atoms with E-state index in [-0.39, 0.29) is 16.5 Å². The Hall–Kier alpha value is -3.32. The molecule has 29 heavy (non-hydrogen) atoms. The Bertz CT molecular complexity index is 1080. The zero-order valence-corrected chi connectivity index (χ0v) is 16.7. The number of carbonyl (C=O) groups is 3. The van der Waals surface area contributed by atoms with Crippen LogP contribution in [-0.4, -0.2) is 35.9 Å².